The van der Waals surface area contributed by atoms with Gasteiger partial charge in [0, 0.05) is 44.0 Å². The Morgan fingerprint density at radius 1 is 1.11 bits per heavy atom. The van der Waals surface area contributed by atoms with E-state index in [4.69, 9.17) is 11.6 Å². The number of carbonyl (C=O) groups is 3. The Balaban J connectivity index is 1.86. The highest BCUT2D eigenvalue weighted by Crippen LogP contribution is 2.31. The molecule has 1 aliphatic heterocycles. The molecule has 0 radical (unpaired) electrons. The van der Waals surface area contributed by atoms with Gasteiger partial charge in [0.2, 0.25) is 0 Å². The van der Waals surface area contributed by atoms with Crippen LogP contribution in [0.3, 0.4) is 0 Å². The first-order valence-electron chi connectivity index (χ1n) is 11.1. The van der Waals surface area contributed by atoms with E-state index in [0.29, 0.717) is 11.1 Å². The summed E-state index contributed by atoms with van der Waals surface area (Å²) in [5.41, 5.74) is 0.299. The highest BCUT2D eigenvalue weighted by atomic mass is 35.5. The average molecular weight is 512 g/mol. The van der Waals surface area contributed by atoms with Crippen molar-refractivity contribution in [3.63, 3.8) is 0 Å². The van der Waals surface area contributed by atoms with Crippen molar-refractivity contribution in [2.75, 3.05) is 20.6 Å². The van der Waals surface area contributed by atoms with E-state index in [1.165, 1.54) is 73.3 Å². The molecule has 2 amide bonds. The van der Waals surface area contributed by atoms with Crippen molar-refractivity contribution < 1.29 is 23.9 Å². The van der Waals surface area contributed by atoms with Crippen molar-refractivity contribution in [1.82, 2.24) is 14.4 Å². The Hall–Kier alpha value is -3.98. The fourth-order valence-corrected chi connectivity index (χ4v) is 4.43. The quantitative estimate of drug-likeness (QED) is 0.529. The predicted octanol–water partition coefficient (Wildman–Crippen LogP) is 3.44. The molecule has 10 heteroatoms. The van der Waals surface area contributed by atoms with Crippen LogP contribution in [0.1, 0.15) is 49.3 Å². The maximum atomic E-state index is 13.5. The summed E-state index contributed by atoms with van der Waals surface area (Å²) < 4.78 is 14.6. The molecule has 186 valence electrons. The molecule has 0 spiro atoms. The number of benzene rings is 2. The standard InChI is InChI=1S/C26H23ClFN3O5/c1-14(32)16-5-7-17(8-6-16)31-22(25(35)29(2)3)18-10-11-30(24(34)21(18)23(33)26(31)36)13-15-4-9-20(28)19(27)12-15/h4-9,12,33H,10-11,13H2,1-3H3. The van der Waals surface area contributed by atoms with E-state index in [0.717, 1.165) is 4.57 Å². The number of Topliss-reactive ketones (excluding diaryl/α,β-unsaturated/α-hetero) is 1. The van der Waals surface area contributed by atoms with Crippen LogP contribution in [0.15, 0.2) is 47.3 Å². The number of aromatic hydroxyl groups is 1. The summed E-state index contributed by atoms with van der Waals surface area (Å²) in [5.74, 6) is -2.68. The van der Waals surface area contributed by atoms with Crippen LogP contribution < -0.4 is 5.56 Å². The lowest BCUT2D eigenvalue weighted by molar-refractivity contribution is 0.0720. The maximum absolute atomic E-state index is 13.5. The van der Waals surface area contributed by atoms with Gasteiger partial charge in [0.05, 0.1) is 10.6 Å². The van der Waals surface area contributed by atoms with Crippen molar-refractivity contribution >= 4 is 29.2 Å². The summed E-state index contributed by atoms with van der Waals surface area (Å²) in [6.07, 6.45) is 0.185. The van der Waals surface area contributed by atoms with Gasteiger partial charge in [-0.3, -0.25) is 23.7 Å². The molecule has 36 heavy (non-hydrogen) atoms. The predicted molar refractivity (Wildman–Crippen MR) is 132 cm³/mol. The topological polar surface area (TPSA) is 99.9 Å². The molecular weight excluding hydrogens is 489 g/mol. The van der Waals surface area contributed by atoms with Crippen LogP contribution in [0.5, 0.6) is 5.75 Å². The number of pyridine rings is 1. The van der Waals surface area contributed by atoms with Crippen LogP contribution in [0.4, 0.5) is 4.39 Å². The van der Waals surface area contributed by atoms with Crippen LogP contribution in [0.25, 0.3) is 5.69 Å². The van der Waals surface area contributed by atoms with E-state index in [2.05, 4.69) is 0 Å². The molecule has 8 nitrogen and oxygen atoms in total. The normalized spacial score (nSPS) is 12.9. The molecule has 1 aliphatic rings. The van der Waals surface area contributed by atoms with Crippen LogP contribution in [0.2, 0.25) is 5.02 Å². The third-order valence-electron chi connectivity index (χ3n) is 6.08. The SMILES string of the molecule is CC(=O)c1ccc(-n2c(C(=O)N(C)C)c3c(c(O)c2=O)C(=O)N(Cc2ccc(F)c(Cl)c2)CC3)cc1. The third kappa shape index (κ3) is 4.37. The van der Waals surface area contributed by atoms with Crippen molar-refractivity contribution in [3.05, 3.63) is 91.6 Å². The van der Waals surface area contributed by atoms with Crippen molar-refractivity contribution in [3.8, 4) is 11.4 Å². The molecule has 1 aromatic heterocycles. The van der Waals surface area contributed by atoms with E-state index in [-0.39, 0.29) is 52.8 Å². The van der Waals surface area contributed by atoms with Crippen LogP contribution in [-0.4, -0.2) is 57.7 Å². The number of aromatic nitrogens is 1. The number of rotatable bonds is 5. The van der Waals surface area contributed by atoms with E-state index in [1.54, 1.807) is 0 Å². The monoisotopic (exact) mass is 511 g/mol. The molecule has 3 aromatic rings. The molecule has 0 saturated carbocycles. The lowest BCUT2D eigenvalue weighted by atomic mass is 9.95. The molecule has 4 rings (SSSR count). The Morgan fingerprint density at radius 2 is 1.78 bits per heavy atom. The number of halogens is 2. The summed E-state index contributed by atoms with van der Waals surface area (Å²) in [5, 5.41) is 10.8. The Kier molecular flexibility index (Phi) is 6.69. The molecule has 2 aromatic carbocycles. The fraction of sp³-hybridized carbons (Fsp3) is 0.231. The number of hydrogen-bond donors (Lipinski definition) is 1. The van der Waals surface area contributed by atoms with E-state index in [1.807, 2.05) is 0 Å². The van der Waals surface area contributed by atoms with Gasteiger partial charge in [0.15, 0.2) is 11.5 Å². The van der Waals surface area contributed by atoms with Gasteiger partial charge < -0.3 is 14.9 Å². The van der Waals surface area contributed by atoms with Gasteiger partial charge in [-0.25, -0.2) is 4.39 Å². The van der Waals surface area contributed by atoms with Crippen LogP contribution >= 0.6 is 11.6 Å². The van der Waals surface area contributed by atoms with Gasteiger partial charge in [0.25, 0.3) is 17.4 Å². The molecule has 0 fully saturated rings. The number of fused-ring (bicyclic) bond motifs is 1. The number of nitrogens with zero attached hydrogens (tertiary/aromatic N) is 3. The molecule has 0 aliphatic carbocycles. The second kappa shape index (κ2) is 9.58. The zero-order valence-corrected chi connectivity index (χ0v) is 20.6. The molecule has 0 saturated heterocycles. The Bertz CT molecular complexity index is 1460. The zero-order valence-electron chi connectivity index (χ0n) is 19.8. The molecular formula is C26H23ClFN3O5. The number of carbonyl (C=O) groups excluding carboxylic acids is 3. The van der Waals surface area contributed by atoms with E-state index in [9.17, 15) is 28.7 Å². The Morgan fingerprint density at radius 3 is 2.36 bits per heavy atom. The largest absolute Gasteiger partial charge is 0.502 e. The van der Waals surface area contributed by atoms with Gasteiger partial charge in [-0.1, -0.05) is 17.7 Å². The van der Waals surface area contributed by atoms with Gasteiger partial charge >= 0.3 is 0 Å². The van der Waals surface area contributed by atoms with Gasteiger partial charge in [-0.2, -0.15) is 0 Å². The lowest BCUT2D eigenvalue weighted by Crippen LogP contribution is -2.42. The summed E-state index contributed by atoms with van der Waals surface area (Å²) >= 11 is 5.86. The van der Waals surface area contributed by atoms with Crippen molar-refractivity contribution in [2.45, 2.75) is 19.9 Å². The smallest absolute Gasteiger partial charge is 0.298 e. The maximum Gasteiger partial charge on any atom is 0.298 e. The second-order valence-electron chi connectivity index (χ2n) is 8.72. The summed E-state index contributed by atoms with van der Waals surface area (Å²) in [6.45, 7) is 1.67. The second-order valence-corrected chi connectivity index (χ2v) is 9.13. The van der Waals surface area contributed by atoms with E-state index < -0.39 is 28.9 Å². The molecule has 2 heterocycles. The fourth-order valence-electron chi connectivity index (χ4n) is 4.23. The highest BCUT2D eigenvalue weighted by Gasteiger charge is 2.35. The van der Waals surface area contributed by atoms with Gasteiger partial charge in [0.1, 0.15) is 11.5 Å². The number of ketones is 1. The summed E-state index contributed by atoms with van der Waals surface area (Å²) in [6, 6.07) is 10.1. The number of amides is 2. The summed E-state index contributed by atoms with van der Waals surface area (Å²) in [4.78, 5) is 54.4. The first kappa shape index (κ1) is 25.1. The van der Waals surface area contributed by atoms with Crippen molar-refractivity contribution in [2.24, 2.45) is 0 Å². The minimum atomic E-state index is -0.936. The lowest BCUT2D eigenvalue weighted by Gasteiger charge is -2.31. The molecule has 0 atom stereocenters. The zero-order chi connectivity index (χ0) is 26.3. The van der Waals surface area contributed by atoms with Crippen LogP contribution in [0, 0.1) is 5.82 Å². The Labute approximate surface area is 211 Å². The van der Waals surface area contributed by atoms with Gasteiger partial charge in [-0.05, 0) is 55.3 Å². The van der Waals surface area contributed by atoms with Crippen molar-refractivity contribution in [1.29, 1.82) is 0 Å². The van der Waals surface area contributed by atoms with Crippen LogP contribution in [-0.2, 0) is 13.0 Å². The minimum absolute atomic E-state index is 0.0359. The van der Waals surface area contributed by atoms with Gasteiger partial charge in [-0.15, -0.1) is 0 Å². The first-order valence-corrected chi connectivity index (χ1v) is 11.5. The average Bonchev–Trinajstić information content (AvgIpc) is 2.84. The highest BCUT2D eigenvalue weighted by molar-refractivity contribution is 6.30. The minimum Gasteiger partial charge on any atom is -0.502 e. The third-order valence-corrected chi connectivity index (χ3v) is 6.37. The first-order chi connectivity index (χ1) is 17.0. The molecule has 0 bridgehead atoms. The summed E-state index contributed by atoms with van der Waals surface area (Å²) in [7, 11) is 3.04. The number of hydrogen-bond acceptors (Lipinski definition) is 5. The molecule has 0 unspecified atom stereocenters. The molecule has 1 N–H and O–H groups in total. The van der Waals surface area contributed by atoms with E-state index >= 15 is 0 Å².